The van der Waals surface area contributed by atoms with Crippen LogP contribution in [-0.2, 0) is 16.0 Å². The van der Waals surface area contributed by atoms with Gasteiger partial charge in [-0.05, 0) is 49.2 Å². The van der Waals surface area contributed by atoms with Gasteiger partial charge in [0.2, 0.25) is 0 Å². The van der Waals surface area contributed by atoms with Crippen LogP contribution in [0.4, 0.5) is 5.69 Å². The lowest BCUT2D eigenvalue weighted by Gasteiger charge is -2.12. The second-order valence-electron chi connectivity index (χ2n) is 7.07. The van der Waals surface area contributed by atoms with Crippen molar-refractivity contribution in [3.8, 4) is 0 Å². The van der Waals surface area contributed by atoms with Crippen LogP contribution in [0.25, 0.3) is 10.9 Å². The molecule has 1 aromatic heterocycles. The molecule has 0 spiro atoms. The standard InChI is InChI=1S/C22H23ClN4O4/c1-13(28)11-26-21(30)22(31)27-19-5-3-2-4-16(19)20(29)24-9-8-14-12-25-18-7-6-15(23)10-17(14)18/h2-7,10,12-13,25,28H,8-9,11H2,1H3,(H,24,29)(H,26,30)(H,27,31). The molecule has 0 saturated carbocycles. The molecular weight excluding hydrogens is 420 g/mol. The maximum absolute atomic E-state index is 12.7. The van der Waals surface area contributed by atoms with Crippen LogP contribution in [0.3, 0.4) is 0 Å². The lowest BCUT2D eigenvalue weighted by Crippen LogP contribution is -2.39. The third-order valence-corrected chi connectivity index (χ3v) is 4.83. The number of hydrogen-bond acceptors (Lipinski definition) is 4. The number of benzene rings is 2. The molecule has 1 heterocycles. The molecule has 5 N–H and O–H groups in total. The van der Waals surface area contributed by atoms with Gasteiger partial charge in [0.15, 0.2) is 0 Å². The van der Waals surface area contributed by atoms with Gasteiger partial charge in [-0.3, -0.25) is 14.4 Å². The van der Waals surface area contributed by atoms with Crippen LogP contribution in [0.5, 0.6) is 0 Å². The maximum atomic E-state index is 12.7. The first-order valence-electron chi connectivity index (χ1n) is 9.75. The number of carbonyl (C=O) groups excluding carboxylic acids is 3. The summed E-state index contributed by atoms with van der Waals surface area (Å²) in [6, 6.07) is 12.0. The van der Waals surface area contributed by atoms with Gasteiger partial charge in [-0.1, -0.05) is 23.7 Å². The predicted octanol–water partition coefficient (Wildman–Crippen LogP) is 2.23. The molecule has 3 aromatic rings. The second kappa shape index (κ2) is 10.1. The molecule has 3 amide bonds. The van der Waals surface area contributed by atoms with Gasteiger partial charge >= 0.3 is 11.8 Å². The van der Waals surface area contributed by atoms with Gasteiger partial charge in [0.05, 0.1) is 17.4 Å². The molecule has 0 radical (unpaired) electrons. The molecule has 2 aromatic carbocycles. The van der Waals surface area contributed by atoms with Gasteiger partial charge in [0.1, 0.15) is 0 Å². The number of nitrogens with one attached hydrogen (secondary N) is 4. The first-order valence-corrected chi connectivity index (χ1v) is 10.1. The topological polar surface area (TPSA) is 123 Å². The number of aromatic nitrogens is 1. The van der Waals surface area contributed by atoms with Crippen LogP contribution in [0.2, 0.25) is 5.02 Å². The number of aromatic amines is 1. The molecule has 9 heteroatoms. The predicted molar refractivity (Wildman–Crippen MR) is 119 cm³/mol. The van der Waals surface area contributed by atoms with Crippen LogP contribution in [0.15, 0.2) is 48.7 Å². The van der Waals surface area contributed by atoms with Gasteiger partial charge in [-0.15, -0.1) is 0 Å². The molecule has 3 rings (SSSR count). The smallest absolute Gasteiger partial charge is 0.313 e. The van der Waals surface area contributed by atoms with Crippen molar-refractivity contribution in [2.45, 2.75) is 19.4 Å². The van der Waals surface area contributed by atoms with E-state index in [2.05, 4.69) is 20.9 Å². The largest absolute Gasteiger partial charge is 0.392 e. The Bertz CT molecular complexity index is 1110. The number of H-pyrrole nitrogens is 1. The minimum Gasteiger partial charge on any atom is -0.392 e. The highest BCUT2D eigenvalue weighted by Gasteiger charge is 2.18. The van der Waals surface area contributed by atoms with Crippen LogP contribution in [-0.4, -0.2) is 47.0 Å². The molecule has 1 atom stereocenters. The number of para-hydroxylation sites is 1. The minimum absolute atomic E-state index is 0.0482. The molecule has 0 fully saturated rings. The monoisotopic (exact) mass is 442 g/mol. The fourth-order valence-electron chi connectivity index (χ4n) is 3.05. The first kappa shape index (κ1) is 22.3. The molecule has 31 heavy (non-hydrogen) atoms. The van der Waals surface area contributed by atoms with Crippen LogP contribution in [0.1, 0.15) is 22.8 Å². The fourth-order valence-corrected chi connectivity index (χ4v) is 3.23. The van der Waals surface area contributed by atoms with Gasteiger partial charge < -0.3 is 26.0 Å². The lowest BCUT2D eigenvalue weighted by molar-refractivity contribution is -0.136. The highest BCUT2D eigenvalue weighted by atomic mass is 35.5. The van der Waals surface area contributed by atoms with E-state index < -0.39 is 17.9 Å². The Morgan fingerprint density at radius 2 is 1.87 bits per heavy atom. The Kier molecular flexibility index (Phi) is 7.28. The normalized spacial score (nSPS) is 11.7. The fraction of sp³-hybridized carbons (Fsp3) is 0.227. The number of amides is 3. The van der Waals surface area contributed by atoms with Crippen molar-refractivity contribution in [3.05, 3.63) is 64.8 Å². The van der Waals surface area contributed by atoms with E-state index in [0.717, 1.165) is 16.5 Å². The highest BCUT2D eigenvalue weighted by Crippen LogP contribution is 2.22. The number of carbonyl (C=O) groups is 3. The van der Waals surface area contributed by atoms with E-state index in [1.54, 1.807) is 18.2 Å². The molecule has 0 bridgehead atoms. The van der Waals surface area contributed by atoms with Crippen molar-refractivity contribution < 1.29 is 19.5 Å². The summed E-state index contributed by atoms with van der Waals surface area (Å²) in [4.78, 5) is 39.7. The summed E-state index contributed by atoms with van der Waals surface area (Å²) < 4.78 is 0. The zero-order chi connectivity index (χ0) is 22.4. The Morgan fingerprint density at radius 3 is 2.65 bits per heavy atom. The summed E-state index contributed by atoms with van der Waals surface area (Å²) >= 11 is 6.07. The van der Waals surface area contributed by atoms with Crippen LogP contribution < -0.4 is 16.0 Å². The summed E-state index contributed by atoms with van der Waals surface area (Å²) in [7, 11) is 0. The number of hydrogen-bond donors (Lipinski definition) is 5. The number of aliphatic hydroxyl groups is 1. The Balaban J connectivity index is 1.61. The van der Waals surface area contributed by atoms with E-state index in [9.17, 15) is 19.5 Å². The molecule has 0 saturated heterocycles. The van der Waals surface area contributed by atoms with Gasteiger partial charge in [-0.25, -0.2) is 0 Å². The minimum atomic E-state index is -0.920. The number of anilines is 1. The molecular formula is C22H23ClN4O4. The SMILES string of the molecule is CC(O)CNC(=O)C(=O)Nc1ccccc1C(=O)NCCc1c[nH]c2ccc(Cl)cc12. The average Bonchev–Trinajstić information content (AvgIpc) is 3.14. The van der Waals surface area contributed by atoms with Crippen molar-refractivity contribution in [1.29, 1.82) is 0 Å². The summed E-state index contributed by atoms with van der Waals surface area (Å²) in [5, 5.41) is 18.4. The van der Waals surface area contributed by atoms with E-state index >= 15 is 0 Å². The van der Waals surface area contributed by atoms with E-state index in [4.69, 9.17) is 11.6 Å². The summed E-state index contributed by atoms with van der Waals surface area (Å²) in [6.45, 7) is 1.81. The van der Waals surface area contributed by atoms with E-state index in [-0.39, 0.29) is 23.7 Å². The van der Waals surface area contributed by atoms with Crippen molar-refractivity contribution in [1.82, 2.24) is 15.6 Å². The molecule has 162 valence electrons. The van der Waals surface area contributed by atoms with Gasteiger partial charge in [0, 0.05) is 35.2 Å². The van der Waals surface area contributed by atoms with Crippen molar-refractivity contribution in [2.75, 3.05) is 18.4 Å². The van der Waals surface area contributed by atoms with Gasteiger partial charge in [-0.2, -0.15) is 0 Å². The lowest BCUT2D eigenvalue weighted by atomic mass is 10.1. The Labute approximate surface area is 184 Å². The second-order valence-corrected chi connectivity index (χ2v) is 7.50. The highest BCUT2D eigenvalue weighted by molar-refractivity contribution is 6.40. The maximum Gasteiger partial charge on any atom is 0.313 e. The summed E-state index contributed by atoms with van der Waals surface area (Å²) in [6.07, 6.45) is 1.69. The van der Waals surface area contributed by atoms with E-state index in [1.807, 2.05) is 24.4 Å². The van der Waals surface area contributed by atoms with Crippen molar-refractivity contribution in [3.63, 3.8) is 0 Å². The third kappa shape index (κ3) is 5.84. The Hall–Kier alpha value is -3.36. The van der Waals surface area contributed by atoms with E-state index in [1.165, 1.54) is 13.0 Å². The average molecular weight is 443 g/mol. The van der Waals surface area contributed by atoms with Crippen molar-refractivity contribution in [2.24, 2.45) is 0 Å². The van der Waals surface area contributed by atoms with Crippen LogP contribution in [0, 0.1) is 0 Å². The Morgan fingerprint density at radius 1 is 1.10 bits per heavy atom. The summed E-state index contributed by atoms with van der Waals surface area (Å²) in [5.41, 5.74) is 2.44. The molecule has 0 aliphatic carbocycles. The van der Waals surface area contributed by atoms with E-state index in [0.29, 0.717) is 18.0 Å². The summed E-state index contributed by atoms with van der Waals surface area (Å²) in [5.74, 6) is -2.19. The molecule has 1 unspecified atom stereocenters. The quantitative estimate of drug-likeness (QED) is 0.360. The van der Waals surface area contributed by atoms with Gasteiger partial charge in [0.25, 0.3) is 5.91 Å². The number of rotatable bonds is 7. The molecule has 8 nitrogen and oxygen atoms in total. The zero-order valence-electron chi connectivity index (χ0n) is 16.9. The number of fused-ring (bicyclic) bond motifs is 1. The zero-order valence-corrected chi connectivity index (χ0v) is 17.6. The first-order chi connectivity index (χ1) is 14.8. The number of aliphatic hydroxyl groups excluding tert-OH is 1. The molecule has 0 aliphatic heterocycles. The third-order valence-electron chi connectivity index (χ3n) is 4.59. The molecule has 0 aliphatic rings. The number of halogens is 1. The van der Waals surface area contributed by atoms with Crippen molar-refractivity contribution >= 4 is 45.9 Å². The van der Waals surface area contributed by atoms with Crippen LogP contribution >= 0.6 is 11.6 Å².